The Morgan fingerprint density at radius 2 is 1.17 bits per heavy atom. The van der Waals surface area contributed by atoms with Gasteiger partial charge in [0.1, 0.15) is 48.0 Å². The lowest BCUT2D eigenvalue weighted by atomic mass is 10.1. The zero-order chi connectivity index (χ0) is 53.5. The highest BCUT2D eigenvalue weighted by Crippen LogP contribution is 2.39. The summed E-state index contributed by atoms with van der Waals surface area (Å²) in [5, 5.41) is 14.5. The number of aryl methyl sites for hydroxylation is 2. The number of nitrogen functional groups attached to an aromatic ring is 1. The van der Waals surface area contributed by atoms with Crippen LogP contribution in [0.15, 0.2) is 160 Å². The number of thiophene rings is 1. The summed E-state index contributed by atoms with van der Waals surface area (Å²) in [6.07, 6.45) is 0.172. The molecule has 0 aliphatic rings. The molecule has 4 N–H and O–H groups in total. The number of aromatic carboxylic acids is 1. The number of nitrogens with two attached hydrogens (primary N) is 1. The van der Waals surface area contributed by atoms with Crippen LogP contribution in [0.25, 0.3) is 33.9 Å². The Kier molecular flexibility index (Phi) is 16.7. The van der Waals surface area contributed by atoms with Crippen molar-refractivity contribution in [1.29, 1.82) is 0 Å². The highest BCUT2D eigenvalue weighted by Gasteiger charge is 2.21. The predicted molar refractivity (Wildman–Crippen MR) is 288 cm³/mol. The average molecular weight is 1160 g/mol. The Bertz CT molecular complexity index is 3600. The Labute approximate surface area is 449 Å². The lowest BCUT2D eigenvalue weighted by Crippen LogP contribution is -2.15. The number of nitrogens with zero attached hydrogens (tertiary/aromatic N) is 2. The number of carboxylic acid groups (broad SMARTS) is 1. The van der Waals surface area contributed by atoms with E-state index < -0.39 is 35.2 Å². The zero-order valence-corrected chi connectivity index (χ0v) is 44.1. The number of rotatable bonds is 15. The second-order valence-corrected chi connectivity index (χ2v) is 19.8. The van der Waals surface area contributed by atoms with Crippen LogP contribution in [0.4, 0.5) is 28.9 Å². The lowest BCUT2D eigenvalue weighted by molar-refractivity contribution is -0.115. The molecule has 3 aromatic heterocycles. The summed E-state index contributed by atoms with van der Waals surface area (Å²) in [5.74, 6) is -3.65. The van der Waals surface area contributed by atoms with Gasteiger partial charge in [0, 0.05) is 82.3 Å². The molecule has 0 aliphatic carbocycles. The molecule has 9 aromatic rings. The largest absolute Gasteiger partial charge is 0.488 e. The maximum atomic E-state index is 14.3. The first kappa shape index (κ1) is 53.4. The number of ether oxygens (including phenoxy) is 3. The molecule has 6 aromatic carbocycles. The summed E-state index contributed by atoms with van der Waals surface area (Å²) in [6, 6.07) is 38.5. The van der Waals surface area contributed by atoms with Crippen LogP contribution in [0.3, 0.4) is 0 Å². The molecule has 11 nitrogen and oxygen atoms in total. The van der Waals surface area contributed by atoms with Crippen molar-refractivity contribution in [3.8, 4) is 45.4 Å². The predicted octanol–water partition coefficient (Wildman–Crippen LogP) is 14.5. The molecule has 9 rings (SSSR count). The maximum absolute atomic E-state index is 14.3. The van der Waals surface area contributed by atoms with Crippen LogP contribution in [-0.2, 0) is 29.2 Å². The fraction of sp³-hybridized carbons (Fsp3) is 0.105. The molecule has 0 saturated heterocycles. The highest BCUT2D eigenvalue weighted by molar-refractivity contribution is 9.10. The molecule has 0 fully saturated rings. The van der Waals surface area contributed by atoms with Gasteiger partial charge in [-0.05, 0) is 147 Å². The van der Waals surface area contributed by atoms with E-state index in [-0.39, 0.29) is 42.2 Å². The van der Waals surface area contributed by atoms with E-state index in [2.05, 4.69) is 37.2 Å². The van der Waals surface area contributed by atoms with E-state index in [1.165, 1.54) is 54.8 Å². The first-order valence-corrected chi connectivity index (χ1v) is 25.2. The van der Waals surface area contributed by atoms with E-state index >= 15 is 0 Å². The molecule has 3 heterocycles. The summed E-state index contributed by atoms with van der Waals surface area (Å²) in [7, 11) is 1.31. The van der Waals surface area contributed by atoms with Crippen LogP contribution in [0, 0.1) is 37.1 Å². The summed E-state index contributed by atoms with van der Waals surface area (Å²) in [5.41, 5.74) is 13.3. The van der Waals surface area contributed by atoms with Crippen molar-refractivity contribution in [2.24, 2.45) is 0 Å². The molecule has 0 radical (unpaired) electrons. The van der Waals surface area contributed by atoms with Crippen LogP contribution in [0.1, 0.15) is 48.1 Å². The molecule has 0 atom stereocenters. The van der Waals surface area contributed by atoms with Gasteiger partial charge < -0.3 is 39.5 Å². The highest BCUT2D eigenvalue weighted by atomic mass is 79.9. The van der Waals surface area contributed by atoms with Crippen LogP contribution in [-0.4, -0.2) is 39.2 Å². The summed E-state index contributed by atoms with van der Waals surface area (Å²) in [4.78, 5) is 37.7. The number of hydrogen-bond acceptors (Lipinski definition) is 8. The summed E-state index contributed by atoms with van der Waals surface area (Å²) >= 11 is 8.47. The van der Waals surface area contributed by atoms with Crippen LogP contribution in [0.5, 0.6) is 11.5 Å². The molecule has 1 amide bonds. The zero-order valence-electron chi connectivity index (χ0n) is 40.1. The minimum atomic E-state index is -1.14. The van der Waals surface area contributed by atoms with E-state index in [0.29, 0.717) is 51.1 Å². The first-order chi connectivity index (χ1) is 35.9. The van der Waals surface area contributed by atoms with Crippen LogP contribution < -0.4 is 20.5 Å². The third-order valence-corrected chi connectivity index (χ3v) is 13.5. The molecule has 0 saturated carbocycles. The molecule has 75 heavy (non-hydrogen) atoms. The fourth-order valence-corrected chi connectivity index (χ4v) is 9.57. The lowest BCUT2D eigenvalue weighted by Gasteiger charge is -2.18. The van der Waals surface area contributed by atoms with Gasteiger partial charge in [0.25, 0.3) is 0 Å². The van der Waals surface area contributed by atoms with Crippen molar-refractivity contribution in [3.05, 3.63) is 222 Å². The minimum absolute atomic E-state index is 0.00507. The number of anilines is 2. The topological polar surface area (TPSA) is 147 Å². The number of benzene rings is 6. The van der Waals surface area contributed by atoms with Gasteiger partial charge in [-0.15, -0.1) is 11.3 Å². The van der Waals surface area contributed by atoms with Crippen molar-refractivity contribution < 1.29 is 51.3 Å². The number of carbonyl (C=O) groups excluding carboxylic acids is 2. The number of carboxylic acids is 1. The van der Waals surface area contributed by atoms with E-state index in [1.807, 2.05) is 83.0 Å². The normalized spacial score (nSPS) is 10.9. The van der Waals surface area contributed by atoms with Crippen molar-refractivity contribution >= 4 is 72.4 Å². The summed E-state index contributed by atoms with van der Waals surface area (Å²) < 4.78 is 77.2. The SMILES string of the molecule is COC(=O)c1cc(N)cc(-n2c(C)ccc2-c2cc(Br)ccc2OCc2ccc(F)cc2F)c1.Cc1ccc(-c2cc(Br)ccc2OCc2ccc(F)cc2F)n1-c1cc(NC(=O)Cc2cccs2)cc(C(=O)O)c1. The number of hydrogen-bond donors (Lipinski definition) is 3. The van der Waals surface area contributed by atoms with Crippen molar-refractivity contribution in [1.82, 2.24) is 9.13 Å². The van der Waals surface area contributed by atoms with Gasteiger partial charge >= 0.3 is 11.9 Å². The van der Waals surface area contributed by atoms with E-state index in [1.54, 1.807) is 42.5 Å². The third-order valence-electron chi connectivity index (χ3n) is 11.6. The van der Waals surface area contributed by atoms with Crippen LogP contribution in [0.2, 0.25) is 0 Å². The third kappa shape index (κ3) is 12.9. The molecular weight excluding hydrogens is 1120 g/mol. The van der Waals surface area contributed by atoms with E-state index in [0.717, 1.165) is 48.6 Å². The maximum Gasteiger partial charge on any atom is 0.337 e. The Morgan fingerprint density at radius 1 is 0.640 bits per heavy atom. The first-order valence-electron chi connectivity index (χ1n) is 22.7. The standard InChI is InChI=1S/C31H23BrF2N2O4S.C26H21BrF2N2O3/c1-18-4-8-28(26-13-21(32)6-9-29(26)40-17-19-5-7-22(33)14-27(19)34)36(18)24-12-20(31(38)39)11-23(15-24)35-30(37)16-25-3-2-10-41-25;1-15-3-7-24(31(15)21-10-17(26(32)33-2)9-20(30)13-21)22-11-18(27)5-8-25(22)34-14-16-4-6-19(28)12-23(16)29/h2-15H,16-17H2,1H3,(H,35,37)(H,38,39);3-13H,14,30H2,1-2H3. The monoisotopic (exact) mass is 1160 g/mol. The number of nitrogens with one attached hydrogen (secondary N) is 1. The van der Waals surface area contributed by atoms with Gasteiger partial charge in [-0.3, -0.25) is 4.79 Å². The number of methoxy groups -OCH3 is 1. The van der Waals surface area contributed by atoms with Gasteiger partial charge in [0.2, 0.25) is 5.91 Å². The van der Waals surface area contributed by atoms with Crippen molar-refractivity contribution in [2.75, 3.05) is 18.2 Å². The number of esters is 1. The molecule has 382 valence electrons. The minimum Gasteiger partial charge on any atom is -0.488 e. The summed E-state index contributed by atoms with van der Waals surface area (Å²) in [6.45, 7) is 3.59. The quantitative estimate of drug-likeness (QED) is 0.0522. The number of amides is 1. The molecule has 0 aliphatic heterocycles. The number of carbonyl (C=O) groups is 3. The Balaban J connectivity index is 0.000000203. The van der Waals surface area contributed by atoms with E-state index in [4.69, 9.17) is 19.9 Å². The Hall–Kier alpha value is -7.93. The van der Waals surface area contributed by atoms with Crippen molar-refractivity contribution in [2.45, 2.75) is 33.5 Å². The van der Waals surface area contributed by atoms with Crippen LogP contribution >= 0.6 is 43.2 Å². The average Bonchev–Trinajstić information content (AvgIpc) is 4.13. The van der Waals surface area contributed by atoms with Gasteiger partial charge in [0.05, 0.1) is 36.0 Å². The molecule has 0 spiro atoms. The van der Waals surface area contributed by atoms with Gasteiger partial charge in [-0.25, -0.2) is 27.2 Å². The van der Waals surface area contributed by atoms with Gasteiger partial charge in [0.15, 0.2) is 0 Å². The number of halogens is 6. The molecule has 0 unspecified atom stereocenters. The van der Waals surface area contributed by atoms with E-state index in [9.17, 15) is 37.1 Å². The van der Waals surface area contributed by atoms with Gasteiger partial charge in [-0.1, -0.05) is 37.9 Å². The van der Waals surface area contributed by atoms with Gasteiger partial charge in [-0.2, -0.15) is 0 Å². The molecular formula is C57H44Br2F4N4O7S. The smallest absolute Gasteiger partial charge is 0.337 e. The second-order valence-electron chi connectivity index (χ2n) is 16.9. The Morgan fingerprint density at radius 3 is 1.67 bits per heavy atom. The molecule has 0 bridgehead atoms. The van der Waals surface area contributed by atoms with Crippen molar-refractivity contribution in [3.63, 3.8) is 0 Å². The second kappa shape index (κ2) is 23.5. The fourth-order valence-electron chi connectivity index (χ4n) is 8.14. The molecule has 18 heteroatoms. The number of aromatic nitrogens is 2.